The molecule has 1 N–H and O–H groups in total. The first-order valence-electron chi connectivity index (χ1n) is 13.0. The Kier molecular flexibility index (Phi) is 7.46. The third-order valence-corrected chi connectivity index (χ3v) is 8.11. The maximum absolute atomic E-state index is 15.4. The molecule has 1 aromatic carbocycles. The lowest BCUT2D eigenvalue weighted by atomic mass is 9.80. The van der Waals surface area contributed by atoms with Gasteiger partial charge in [0.2, 0.25) is 5.95 Å². The highest BCUT2D eigenvalue weighted by molar-refractivity contribution is 7.96. The van der Waals surface area contributed by atoms with Gasteiger partial charge in [-0.3, -0.25) is 0 Å². The highest BCUT2D eigenvalue weighted by Crippen LogP contribution is 2.41. The summed E-state index contributed by atoms with van der Waals surface area (Å²) in [5.74, 6) is -0.178. The zero-order valence-electron chi connectivity index (χ0n) is 22.6. The van der Waals surface area contributed by atoms with Crippen LogP contribution in [-0.4, -0.2) is 64.3 Å². The fraction of sp³-hybridized carbons (Fsp3) is 0.464. The van der Waals surface area contributed by atoms with Gasteiger partial charge in [0.1, 0.15) is 17.3 Å². The van der Waals surface area contributed by atoms with Crippen molar-refractivity contribution in [2.45, 2.75) is 40.2 Å². The molecule has 0 unspecified atom stereocenters. The SMILES string of the molecule is CSN1CCN(c2ccc(Nc3ncc(F)c(-c4cc(F)c5c(c4)N(C(C)C)CC(C)(C)C5)n3)nc2)CC1. The Morgan fingerprint density at radius 3 is 2.42 bits per heavy atom. The average Bonchev–Trinajstić information content (AvgIpc) is 2.90. The average molecular weight is 540 g/mol. The van der Waals surface area contributed by atoms with E-state index in [9.17, 15) is 4.39 Å². The summed E-state index contributed by atoms with van der Waals surface area (Å²) in [5, 5.41) is 3.07. The molecule has 0 radical (unpaired) electrons. The van der Waals surface area contributed by atoms with Gasteiger partial charge in [-0.1, -0.05) is 25.8 Å². The summed E-state index contributed by atoms with van der Waals surface area (Å²) in [5.41, 5.74) is 2.92. The van der Waals surface area contributed by atoms with E-state index >= 15 is 4.39 Å². The molecule has 0 bridgehead atoms. The molecule has 4 heterocycles. The van der Waals surface area contributed by atoms with Crippen LogP contribution < -0.4 is 15.1 Å². The zero-order valence-corrected chi connectivity index (χ0v) is 23.4. The Labute approximate surface area is 227 Å². The Hall–Kier alpha value is -2.98. The first-order chi connectivity index (χ1) is 18.1. The summed E-state index contributed by atoms with van der Waals surface area (Å²) in [4.78, 5) is 17.5. The van der Waals surface area contributed by atoms with Crippen molar-refractivity contribution in [2.24, 2.45) is 5.41 Å². The van der Waals surface area contributed by atoms with Gasteiger partial charge in [0.25, 0.3) is 0 Å². The van der Waals surface area contributed by atoms with Crippen LogP contribution in [0.1, 0.15) is 33.3 Å². The molecule has 0 amide bonds. The number of rotatable bonds is 6. The van der Waals surface area contributed by atoms with E-state index in [-0.39, 0.29) is 28.9 Å². The Morgan fingerprint density at radius 1 is 1.00 bits per heavy atom. The maximum Gasteiger partial charge on any atom is 0.229 e. The lowest BCUT2D eigenvalue weighted by Crippen LogP contribution is -2.44. The number of nitrogens with zero attached hydrogens (tertiary/aromatic N) is 6. The van der Waals surface area contributed by atoms with Crippen molar-refractivity contribution >= 4 is 35.1 Å². The second-order valence-corrected chi connectivity index (χ2v) is 11.9. The number of anilines is 4. The fourth-order valence-electron chi connectivity index (χ4n) is 5.25. The number of aromatic nitrogens is 3. The molecule has 0 spiro atoms. The molecule has 0 atom stereocenters. The summed E-state index contributed by atoms with van der Waals surface area (Å²) in [6.07, 6.45) is 5.67. The molecule has 2 aromatic heterocycles. The van der Waals surface area contributed by atoms with Gasteiger partial charge in [-0.05, 0) is 56.2 Å². The molecule has 0 aliphatic carbocycles. The summed E-state index contributed by atoms with van der Waals surface area (Å²) in [6.45, 7) is 13.2. The third kappa shape index (κ3) is 5.56. The number of piperazine rings is 1. The van der Waals surface area contributed by atoms with Gasteiger partial charge in [-0.2, -0.15) is 0 Å². The minimum atomic E-state index is -0.602. The molecule has 3 aromatic rings. The Morgan fingerprint density at radius 2 is 1.76 bits per heavy atom. The van der Waals surface area contributed by atoms with Gasteiger partial charge < -0.3 is 15.1 Å². The smallest absolute Gasteiger partial charge is 0.229 e. The summed E-state index contributed by atoms with van der Waals surface area (Å²) < 4.78 is 32.7. The van der Waals surface area contributed by atoms with E-state index < -0.39 is 5.82 Å². The first kappa shape index (κ1) is 26.6. The van der Waals surface area contributed by atoms with Crippen LogP contribution in [0.15, 0.2) is 36.7 Å². The summed E-state index contributed by atoms with van der Waals surface area (Å²) >= 11 is 1.77. The molecule has 2 aliphatic rings. The van der Waals surface area contributed by atoms with Crippen LogP contribution in [0.3, 0.4) is 0 Å². The molecule has 0 saturated carbocycles. The van der Waals surface area contributed by atoms with Gasteiger partial charge in [-0.15, -0.1) is 0 Å². The van der Waals surface area contributed by atoms with Crippen molar-refractivity contribution in [3.8, 4) is 11.3 Å². The van der Waals surface area contributed by atoms with E-state index in [1.807, 2.05) is 24.4 Å². The second kappa shape index (κ2) is 10.6. The van der Waals surface area contributed by atoms with Crippen LogP contribution in [-0.2, 0) is 6.42 Å². The normalized spacial score (nSPS) is 17.6. The van der Waals surface area contributed by atoms with Crippen LogP contribution >= 0.6 is 11.9 Å². The van der Waals surface area contributed by atoms with Crippen molar-refractivity contribution in [3.63, 3.8) is 0 Å². The molecular formula is C28H35F2N7S. The molecule has 38 heavy (non-hydrogen) atoms. The van der Waals surface area contributed by atoms with Crippen molar-refractivity contribution in [3.05, 3.63) is 53.9 Å². The highest BCUT2D eigenvalue weighted by Gasteiger charge is 2.34. The fourth-order valence-corrected chi connectivity index (χ4v) is 5.78. The molecule has 1 fully saturated rings. The Balaban J connectivity index is 1.38. The molecule has 202 valence electrons. The van der Waals surface area contributed by atoms with E-state index in [1.165, 1.54) is 6.07 Å². The van der Waals surface area contributed by atoms with E-state index in [0.29, 0.717) is 23.4 Å². The molecular weight excluding hydrogens is 504 g/mol. The van der Waals surface area contributed by atoms with Gasteiger partial charge >= 0.3 is 0 Å². The topological polar surface area (TPSA) is 60.4 Å². The first-order valence-corrected chi connectivity index (χ1v) is 14.2. The maximum atomic E-state index is 15.4. The van der Waals surface area contributed by atoms with Crippen molar-refractivity contribution in [2.75, 3.05) is 54.1 Å². The predicted molar refractivity (Wildman–Crippen MR) is 152 cm³/mol. The molecule has 2 aliphatic heterocycles. The minimum Gasteiger partial charge on any atom is -0.368 e. The third-order valence-electron chi connectivity index (χ3n) is 7.23. The van der Waals surface area contributed by atoms with Crippen LogP contribution in [0.4, 0.5) is 31.9 Å². The number of hydrogen-bond donors (Lipinski definition) is 1. The summed E-state index contributed by atoms with van der Waals surface area (Å²) in [6, 6.07) is 7.29. The van der Waals surface area contributed by atoms with Gasteiger partial charge in [0.05, 0.1) is 18.1 Å². The van der Waals surface area contributed by atoms with E-state index in [0.717, 1.165) is 50.3 Å². The Bertz CT molecular complexity index is 1290. The number of fused-ring (bicyclic) bond motifs is 1. The molecule has 1 saturated heterocycles. The van der Waals surface area contributed by atoms with Crippen LogP contribution in [0.5, 0.6) is 0 Å². The number of hydrogen-bond acceptors (Lipinski definition) is 8. The number of pyridine rings is 1. The molecule has 5 rings (SSSR count). The van der Waals surface area contributed by atoms with Crippen molar-refractivity contribution in [1.29, 1.82) is 0 Å². The largest absolute Gasteiger partial charge is 0.368 e. The van der Waals surface area contributed by atoms with E-state index in [2.05, 4.69) is 68.3 Å². The quantitative estimate of drug-likeness (QED) is 0.397. The van der Waals surface area contributed by atoms with Crippen molar-refractivity contribution in [1.82, 2.24) is 19.3 Å². The second-order valence-electron chi connectivity index (χ2n) is 11.0. The van der Waals surface area contributed by atoms with E-state index in [4.69, 9.17) is 0 Å². The van der Waals surface area contributed by atoms with Gasteiger partial charge in [-0.25, -0.2) is 28.0 Å². The standard InChI is InChI=1S/C28H35F2N7S/c1-18(2)37-17-28(3,4)14-21-22(29)12-19(13-24(21)37)26-23(30)16-32-27(34-26)33-25-7-6-20(15-31-25)35-8-10-36(38-5)11-9-35/h6-7,12-13,15-16,18H,8-11,14,17H2,1-5H3,(H,31,32,33,34). The van der Waals surface area contributed by atoms with Gasteiger partial charge in [0, 0.05) is 55.6 Å². The lowest BCUT2D eigenvalue weighted by molar-refractivity contribution is 0.332. The van der Waals surface area contributed by atoms with Crippen molar-refractivity contribution < 1.29 is 8.78 Å². The van der Waals surface area contributed by atoms with Gasteiger partial charge in [0.15, 0.2) is 5.82 Å². The van der Waals surface area contributed by atoms with Crippen LogP contribution in [0.25, 0.3) is 11.3 Å². The highest BCUT2D eigenvalue weighted by atomic mass is 32.2. The zero-order chi connectivity index (χ0) is 27.0. The molecule has 10 heteroatoms. The number of nitrogens with one attached hydrogen (secondary N) is 1. The number of benzene rings is 1. The lowest BCUT2D eigenvalue weighted by Gasteiger charge is -2.43. The van der Waals surface area contributed by atoms with Crippen LogP contribution in [0.2, 0.25) is 0 Å². The monoisotopic (exact) mass is 539 g/mol. The number of halogens is 2. The van der Waals surface area contributed by atoms with E-state index in [1.54, 1.807) is 11.9 Å². The minimum absolute atomic E-state index is 0.0532. The predicted octanol–water partition coefficient (Wildman–Crippen LogP) is 5.76. The summed E-state index contributed by atoms with van der Waals surface area (Å²) in [7, 11) is 0. The molecule has 7 nitrogen and oxygen atoms in total. The van der Waals surface area contributed by atoms with Crippen LogP contribution in [0, 0.1) is 17.0 Å².